The average molecular weight is 303 g/mol. The van der Waals surface area contributed by atoms with Gasteiger partial charge in [0.15, 0.2) is 0 Å². The minimum atomic E-state index is -3.91. The van der Waals surface area contributed by atoms with E-state index in [1.165, 1.54) is 13.3 Å². The molecule has 0 saturated carbocycles. The number of aromatic amines is 1. The molecule has 1 amide bonds. The molecule has 3 N–H and O–H groups in total. The summed E-state index contributed by atoms with van der Waals surface area (Å²) < 4.78 is 30.6. The summed E-state index contributed by atoms with van der Waals surface area (Å²) >= 11 is 0. The normalized spacial score (nSPS) is 11.2. The number of hydrogen-bond donors (Lipinski definition) is 3. The molecule has 1 aromatic heterocycles. The monoisotopic (exact) mass is 303 g/mol. The lowest BCUT2D eigenvalue weighted by atomic mass is 10.4. The van der Waals surface area contributed by atoms with Gasteiger partial charge in [0.25, 0.3) is 0 Å². The van der Waals surface area contributed by atoms with E-state index in [-0.39, 0.29) is 23.8 Å². The first-order valence-corrected chi connectivity index (χ1v) is 7.38. The van der Waals surface area contributed by atoms with Crippen LogP contribution in [0.2, 0.25) is 0 Å². The van der Waals surface area contributed by atoms with E-state index in [0.29, 0.717) is 13.2 Å². The van der Waals surface area contributed by atoms with Gasteiger partial charge in [0.1, 0.15) is 4.90 Å². The van der Waals surface area contributed by atoms with E-state index in [1.54, 1.807) is 0 Å². The van der Waals surface area contributed by atoms with Crippen molar-refractivity contribution < 1.29 is 17.9 Å². The molecule has 0 aliphatic rings. The fourth-order valence-electron chi connectivity index (χ4n) is 1.37. The number of methoxy groups -OCH3 is 1. The number of nitrogens with one attached hydrogen (secondary N) is 3. The van der Waals surface area contributed by atoms with Gasteiger partial charge in [-0.15, -0.1) is 0 Å². The largest absolute Gasteiger partial charge is 0.383 e. The van der Waals surface area contributed by atoms with Crippen molar-refractivity contribution in [1.29, 1.82) is 0 Å². The molecule has 0 bridgehead atoms. The first kappa shape index (κ1) is 16.3. The van der Waals surface area contributed by atoms with Crippen molar-refractivity contribution in [3.8, 4) is 0 Å². The van der Waals surface area contributed by atoms with Gasteiger partial charge >= 0.3 is 0 Å². The molecule has 20 heavy (non-hydrogen) atoms. The SMILES string of the molecule is COCCNC(=O)CCNS(=O)(=O)c1c[nH]ccc1=O. The first-order chi connectivity index (χ1) is 9.47. The Bertz CT molecular complexity index is 596. The van der Waals surface area contributed by atoms with Crippen LogP contribution in [0.4, 0.5) is 0 Å². The standard InChI is InChI=1S/C11H17N3O5S/c1-19-7-6-13-11(16)3-5-14-20(17,18)10-8-12-4-2-9(10)15/h2,4,8,14H,3,5-7H2,1H3,(H,12,15)(H,13,16). The molecule has 0 radical (unpaired) electrons. The molecule has 0 aromatic carbocycles. The van der Waals surface area contributed by atoms with Crippen molar-refractivity contribution in [3.63, 3.8) is 0 Å². The van der Waals surface area contributed by atoms with Gasteiger partial charge in [-0.2, -0.15) is 0 Å². The van der Waals surface area contributed by atoms with Crippen LogP contribution >= 0.6 is 0 Å². The second kappa shape index (κ2) is 7.78. The number of hydrogen-bond acceptors (Lipinski definition) is 5. The van der Waals surface area contributed by atoms with Crippen molar-refractivity contribution in [2.24, 2.45) is 0 Å². The van der Waals surface area contributed by atoms with Crippen LogP contribution in [-0.2, 0) is 19.6 Å². The van der Waals surface area contributed by atoms with Gasteiger partial charge in [-0.1, -0.05) is 0 Å². The maximum atomic E-state index is 11.8. The van der Waals surface area contributed by atoms with Crippen LogP contribution < -0.4 is 15.5 Å². The summed E-state index contributed by atoms with van der Waals surface area (Å²) in [5.74, 6) is -0.299. The molecule has 8 nitrogen and oxygen atoms in total. The Morgan fingerprint density at radius 1 is 1.40 bits per heavy atom. The average Bonchev–Trinajstić information content (AvgIpc) is 2.39. The summed E-state index contributed by atoms with van der Waals surface area (Å²) in [5.41, 5.74) is -0.610. The Morgan fingerprint density at radius 2 is 2.15 bits per heavy atom. The third-order valence-corrected chi connectivity index (χ3v) is 3.83. The van der Waals surface area contributed by atoms with Crippen LogP contribution in [0.25, 0.3) is 0 Å². The Morgan fingerprint density at radius 3 is 2.80 bits per heavy atom. The number of amides is 1. The third kappa shape index (κ3) is 5.11. The highest BCUT2D eigenvalue weighted by atomic mass is 32.2. The van der Waals surface area contributed by atoms with Gasteiger partial charge < -0.3 is 15.0 Å². The van der Waals surface area contributed by atoms with Gasteiger partial charge in [0.2, 0.25) is 21.4 Å². The van der Waals surface area contributed by atoms with E-state index in [9.17, 15) is 18.0 Å². The molecular weight excluding hydrogens is 286 g/mol. The van der Waals surface area contributed by atoms with Crippen molar-refractivity contribution in [2.45, 2.75) is 11.3 Å². The fraction of sp³-hybridized carbons (Fsp3) is 0.455. The minimum absolute atomic E-state index is 0.0202. The zero-order valence-electron chi connectivity index (χ0n) is 11.0. The van der Waals surface area contributed by atoms with Crippen molar-refractivity contribution in [3.05, 3.63) is 28.7 Å². The number of carbonyl (C=O) groups excluding carboxylic acids is 1. The highest BCUT2D eigenvalue weighted by Gasteiger charge is 2.17. The van der Waals surface area contributed by atoms with E-state index < -0.39 is 15.5 Å². The number of pyridine rings is 1. The van der Waals surface area contributed by atoms with Gasteiger partial charge in [0.05, 0.1) is 6.61 Å². The Kier molecular flexibility index (Phi) is 6.36. The summed E-state index contributed by atoms with van der Waals surface area (Å²) in [7, 11) is -2.40. The van der Waals surface area contributed by atoms with E-state index in [4.69, 9.17) is 4.74 Å². The maximum Gasteiger partial charge on any atom is 0.245 e. The van der Waals surface area contributed by atoms with Crippen LogP contribution in [0.15, 0.2) is 28.2 Å². The Balaban J connectivity index is 2.47. The number of carbonyl (C=O) groups is 1. The summed E-state index contributed by atoms with van der Waals surface area (Å²) in [4.78, 5) is 24.9. The number of sulfonamides is 1. The molecule has 0 unspecified atom stereocenters. The summed E-state index contributed by atoms with van der Waals surface area (Å²) in [6, 6.07) is 1.12. The van der Waals surface area contributed by atoms with Crippen molar-refractivity contribution in [2.75, 3.05) is 26.8 Å². The van der Waals surface area contributed by atoms with Crippen LogP contribution in [-0.4, -0.2) is 46.1 Å². The fourth-order valence-corrected chi connectivity index (χ4v) is 2.45. The van der Waals surface area contributed by atoms with E-state index in [0.717, 1.165) is 12.3 Å². The molecule has 1 heterocycles. The molecule has 0 atom stereocenters. The molecule has 0 aliphatic carbocycles. The van der Waals surface area contributed by atoms with Gasteiger partial charge in [-0.25, -0.2) is 13.1 Å². The van der Waals surface area contributed by atoms with Crippen LogP contribution in [0.5, 0.6) is 0 Å². The topological polar surface area (TPSA) is 117 Å². The quantitative estimate of drug-likeness (QED) is 0.522. The van der Waals surface area contributed by atoms with Crippen LogP contribution in [0.1, 0.15) is 6.42 Å². The predicted molar refractivity (Wildman–Crippen MR) is 71.8 cm³/mol. The predicted octanol–water partition coefficient (Wildman–Crippen LogP) is -1.19. The Labute approximate surface area is 116 Å². The van der Waals surface area contributed by atoms with Crippen LogP contribution in [0, 0.1) is 0 Å². The lowest BCUT2D eigenvalue weighted by molar-refractivity contribution is -0.121. The van der Waals surface area contributed by atoms with Crippen molar-refractivity contribution in [1.82, 2.24) is 15.0 Å². The molecule has 0 saturated heterocycles. The van der Waals surface area contributed by atoms with Gasteiger partial charge in [0, 0.05) is 45.1 Å². The third-order valence-electron chi connectivity index (χ3n) is 2.35. The van der Waals surface area contributed by atoms with Crippen LogP contribution in [0.3, 0.4) is 0 Å². The lowest BCUT2D eigenvalue weighted by Crippen LogP contribution is -2.33. The van der Waals surface area contributed by atoms with E-state index in [2.05, 4.69) is 15.0 Å². The summed E-state index contributed by atoms with van der Waals surface area (Å²) in [6.07, 6.45) is 2.42. The number of aromatic nitrogens is 1. The minimum Gasteiger partial charge on any atom is -0.383 e. The highest BCUT2D eigenvalue weighted by molar-refractivity contribution is 7.89. The summed E-state index contributed by atoms with van der Waals surface area (Å²) in [5, 5.41) is 2.55. The molecule has 1 rings (SSSR count). The van der Waals surface area contributed by atoms with E-state index >= 15 is 0 Å². The molecule has 0 spiro atoms. The maximum absolute atomic E-state index is 11.8. The number of rotatable bonds is 8. The zero-order valence-corrected chi connectivity index (χ0v) is 11.8. The molecular formula is C11H17N3O5S. The highest BCUT2D eigenvalue weighted by Crippen LogP contribution is 1.99. The smallest absolute Gasteiger partial charge is 0.245 e. The van der Waals surface area contributed by atoms with Crippen molar-refractivity contribution >= 4 is 15.9 Å². The van der Waals surface area contributed by atoms with Gasteiger partial charge in [-0.3, -0.25) is 9.59 Å². The number of H-pyrrole nitrogens is 1. The molecule has 112 valence electrons. The molecule has 0 aliphatic heterocycles. The molecule has 9 heteroatoms. The second-order valence-electron chi connectivity index (χ2n) is 3.86. The van der Waals surface area contributed by atoms with E-state index in [1.807, 2.05) is 0 Å². The lowest BCUT2D eigenvalue weighted by Gasteiger charge is -2.06. The Hall–Kier alpha value is -1.71. The molecule has 1 aromatic rings. The number of ether oxygens (including phenoxy) is 1. The van der Waals surface area contributed by atoms with Gasteiger partial charge in [-0.05, 0) is 0 Å². The second-order valence-corrected chi connectivity index (χ2v) is 5.60. The molecule has 0 fully saturated rings. The first-order valence-electron chi connectivity index (χ1n) is 5.90. The zero-order chi connectivity index (χ0) is 15.0. The summed E-state index contributed by atoms with van der Waals surface area (Å²) in [6.45, 7) is 0.660.